The Bertz CT molecular complexity index is 2160. The van der Waals surface area contributed by atoms with Crippen molar-refractivity contribution in [2.45, 2.75) is 55.6 Å². The maximum Gasteiger partial charge on any atom is 0.270 e. The highest BCUT2D eigenvalue weighted by Crippen LogP contribution is 2.46. The van der Waals surface area contributed by atoms with Gasteiger partial charge in [0.1, 0.15) is 16.8 Å². The van der Waals surface area contributed by atoms with Gasteiger partial charge in [-0.15, -0.1) is 0 Å². The number of hydrogen-bond donors (Lipinski definition) is 2. The fourth-order valence-corrected chi connectivity index (χ4v) is 8.89. The first kappa shape index (κ1) is 33.7. The number of pyridine rings is 1. The minimum Gasteiger partial charge on any atom is -0.343 e. The summed E-state index contributed by atoms with van der Waals surface area (Å²) >= 11 is 12.7. The van der Waals surface area contributed by atoms with Crippen molar-refractivity contribution in [3.8, 4) is 6.07 Å². The van der Waals surface area contributed by atoms with E-state index < -0.39 is 44.2 Å². The number of imidazole rings is 1. The van der Waals surface area contributed by atoms with Crippen molar-refractivity contribution in [3.63, 3.8) is 0 Å². The number of nitrogens with one attached hydrogen (secondary N) is 2. The molecule has 7 rings (SSSR count). The highest BCUT2D eigenvalue weighted by atomic mass is 35.5. The molecule has 2 N–H and O–H groups in total. The van der Waals surface area contributed by atoms with Crippen LogP contribution in [0.15, 0.2) is 73.1 Å². The molecule has 4 aromatic rings. The van der Waals surface area contributed by atoms with Gasteiger partial charge in [-0.25, -0.2) is 18.3 Å². The van der Waals surface area contributed by atoms with Crippen LogP contribution in [0.2, 0.25) is 10.0 Å². The fraction of sp³-hybridized carbons (Fsp3) is 0.314. The number of carbonyl (C=O) groups is 3. The third-order valence-electron chi connectivity index (χ3n) is 9.80. The molecule has 4 heterocycles. The van der Waals surface area contributed by atoms with E-state index in [9.17, 15) is 28.1 Å². The van der Waals surface area contributed by atoms with Crippen molar-refractivity contribution < 1.29 is 22.8 Å². The van der Waals surface area contributed by atoms with Crippen LogP contribution in [0.5, 0.6) is 0 Å². The van der Waals surface area contributed by atoms with E-state index in [-0.39, 0.29) is 52.5 Å². The van der Waals surface area contributed by atoms with Crippen molar-refractivity contribution in [1.82, 2.24) is 25.2 Å². The van der Waals surface area contributed by atoms with Crippen LogP contribution in [0.25, 0.3) is 0 Å². The van der Waals surface area contributed by atoms with Crippen LogP contribution < -0.4 is 15.5 Å². The molecule has 2 aromatic heterocycles. The summed E-state index contributed by atoms with van der Waals surface area (Å²) in [6, 6.07) is 18.9. The molecule has 50 heavy (non-hydrogen) atoms. The zero-order chi connectivity index (χ0) is 35.5. The normalized spacial score (nSPS) is 21.2. The molecule has 0 bridgehead atoms. The summed E-state index contributed by atoms with van der Waals surface area (Å²) in [6.45, 7) is 1.68. The molecule has 1 saturated carbocycles. The lowest BCUT2D eigenvalue weighted by Crippen LogP contribution is -2.63. The number of sulfone groups is 1. The molecule has 256 valence electrons. The predicted octanol–water partition coefficient (Wildman–Crippen LogP) is 4.58. The maximum atomic E-state index is 14.5. The molecule has 3 amide bonds. The van der Waals surface area contributed by atoms with E-state index in [2.05, 4.69) is 26.7 Å². The number of aromatic nitrogens is 3. The minimum absolute atomic E-state index is 0.00779. The number of halogens is 2. The molecule has 1 aliphatic carbocycles. The highest BCUT2D eigenvalue weighted by Gasteiger charge is 2.54. The molecular formula is C35H31Cl2N7O5S. The Hall–Kier alpha value is -4.77. The Kier molecular flexibility index (Phi) is 8.24. The van der Waals surface area contributed by atoms with Crippen molar-refractivity contribution in [1.29, 1.82) is 5.26 Å². The van der Waals surface area contributed by atoms with Gasteiger partial charge in [0.15, 0.2) is 9.84 Å². The zero-order valence-corrected chi connectivity index (χ0v) is 29.1. The first-order valence-corrected chi connectivity index (χ1v) is 18.5. The SMILES string of the molecule is C[C@@]1(Cc2ccc(C#N)cc2)C(=O)N(c2cc(Cl)cc(Cl)c2)c2ncc(C(=O)NC3(C(=O)NC4(c5ccccn5)CC4)CCS(=O)(=O)CC3)n21. The van der Waals surface area contributed by atoms with E-state index in [0.29, 0.717) is 29.8 Å². The number of fused-ring (bicyclic) bond motifs is 1. The molecule has 15 heteroatoms. The standard InChI is InChI=1S/C35H31Cl2N7O5S/c1-33(19-22-5-7-23(20-38)8-6-22)31(47)43(26-17-24(36)16-25(37)18-26)32-40-21-27(44(32)33)29(45)41-35(11-14-50(48,49)15-12-35)30(46)42-34(9-10-34)28-4-2-3-13-39-28/h2-8,13,16-18,21H,9-12,14-15,19H2,1H3,(H,41,45)(H,42,46)/t33-/m1/s1. The summed E-state index contributed by atoms with van der Waals surface area (Å²) in [7, 11) is -3.43. The van der Waals surface area contributed by atoms with Gasteiger partial charge in [0.05, 0.1) is 46.3 Å². The van der Waals surface area contributed by atoms with Gasteiger partial charge in [-0.3, -0.25) is 23.9 Å². The Morgan fingerprint density at radius 2 is 1.64 bits per heavy atom. The monoisotopic (exact) mass is 731 g/mol. The van der Waals surface area contributed by atoms with Crippen LogP contribution in [0.1, 0.15) is 59.9 Å². The van der Waals surface area contributed by atoms with Crippen molar-refractivity contribution >= 4 is 62.4 Å². The quantitative estimate of drug-likeness (QED) is 0.266. The molecule has 1 atom stereocenters. The van der Waals surface area contributed by atoms with E-state index >= 15 is 0 Å². The van der Waals surface area contributed by atoms with Gasteiger partial charge in [-0.05, 0) is 80.6 Å². The number of nitriles is 1. The third kappa shape index (κ3) is 5.91. The van der Waals surface area contributed by atoms with Gasteiger partial charge in [-0.1, -0.05) is 41.4 Å². The molecule has 0 spiro atoms. The molecule has 0 radical (unpaired) electrons. The molecule has 2 aromatic carbocycles. The Morgan fingerprint density at radius 1 is 0.960 bits per heavy atom. The summed E-state index contributed by atoms with van der Waals surface area (Å²) in [6.07, 6.45) is 4.10. The van der Waals surface area contributed by atoms with Crippen molar-refractivity contribution in [2.24, 2.45) is 0 Å². The van der Waals surface area contributed by atoms with Gasteiger partial charge in [0.25, 0.3) is 11.8 Å². The number of amides is 3. The van der Waals surface area contributed by atoms with Crippen molar-refractivity contribution in [3.05, 3.63) is 106 Å². The third-order valence-corrected chi connectivity index (χ3v) is 11.9. The number of rotatable bonds is 8. The summed E-state index contributed by atoms with van der Waals surface area (Å²) in [5, 5.41) is 15.9. The Morgan fingerprint density at radius 3 is 2.24 bits per heavy atom. The number of anilines is 2. The lowest BCUT2D eigenvalue weighted by molar-refractivity contribution is -0.129. The van der Waals surface area contributed by atoms with E-state index in [1.807, 2.05) is 12.1 Å². The van der Waals surface area contributed by atoms with Gasteiger partial charge >= 0.3 is 0 Å². The second-order valence-electron chi connectivity index (χ2n) is 13.2. The minimum atomic E-state index is -3.43. The van der Waals surface area contributed by atoms with Gasteiger partial charge in [0.2, 0.25) is 11.9 Å². The van der Waals surface area contributed by atoms with E-state index in [1.165, 1.54) is 21.7 Å². The average Bonchev–Trinajstić information content (AvgIpc) is 3.68. The smallest absolute Gasteiger partial charge is 0.270 e. The van der Waals surface area contributed by atoms with Crippen LogP contribution in [0.3, 0.4) is 0 Å². The largest absolute Gasteiger partial charge is 0.343 e. The van der Waals surface area contributed by atoms with Gasteiger partial charge in [0, 0.05) is 22.7 Å². The summed E-state index contributed by atoms with van der Waals surface area (Å²) < 4.78 is 26.6. The highest BCUT2D eigenvalue weighted by molar-refractivity contribution is 7.91. The fourth-order valence-electron chi connectivity index (χ4n) is 6.85. The number of carbonyl (C=O) groups excluding carboxylic acids is 3. The summed E-state index contributed by atoms with van der Waals surface area (Å²) in [4.78, 5) is 53.4. The molecule has 12 nitrogen and oxygen atoms in total. The molecule has 2 fully saturated rings. The van der Waals surface area contributed by atoms with Gasteiger partial charge in [-0.2, -0.15) is 5.26 Å². The molecule has 0 unspecified atom stereocenters. The van der Waals surface area contributed by atoms with E-state index in [1.54, 1.807) is 55.6 Å². The van der Waals surface area contributed by atoms with Gasteiger partial charge < -0.3 is 10.6 Å². The van der Waals surface area contributed by atoms with Crippen LogP contribution in [0.4, 0.5) is 11.6 Å². The molecular weight excluding hydrogens is 701 g/mol. The lowest BCUT2D eigenvalue weighted by Gasteiger charge is -2.38. The van der Waals surface area contributed by atoms with Crippen LogP contribution in [-0.2, 0) is 36.9 Å². The number of hydrogen-bond acceptors (Lipinski definition) is 8. The van der Waals surface area contributed by atoms with Crippen LogP contribution in [-0.4, -0.2) is 57.7 Å². The second kappa shape index (κ2) is 12.2. The zero-order valence-electron chi connectivity index (χ0n) is 26.8. The van der Waals surface area contributed by atoms with E-state index in [0.717, 1.165) is 5.56 Å². The summed E-state index contributed by atoms with van der Waals surface area (Å²) in [5.41, 5.74) is -1.51. The lowest BCUT2D eigenvalue weighted by atomic mass is 9.89. The Balaban J connectivity index is 1.27. The first-order valence-electron chi connectivity index (χ1n) is 15.9. The average molecular weight is 733 g/mol. The Labute approximate surface area is 298 Å². The molecule has 2 aliphatic heterocycles. The van der Waals surface area contributed by atoms with Crippen molar-refractivity contribution in [2.75, 3.05) is 16.4 Å². The van der Waals surface area contributed by atoms with E-state index in [4.69, 9.17) is 23.2 Å². The number of nitrogens with zero attached hydrogens (tertiary/aromatic N) is 5. The molecule has 3 aliphatic rings. The predicted molar refractivity (Wildman–Crippen MR) is 186 cm³/mol. The summed E-state index contributed by atoms with van der Waals surface area (Å²) in [5.74, 6) is -2.08. The van der Waals surface area contributed by atoms with Crippen LogP contribution in [0, 0.1) is 11.3 Å². The number of benzene rings is 2. The second-order valence-corrected chi connectivity index (χ2v) is 16.4. The molecule has 1 saturated heterocycles. The topological polar surface area (TPSA) is 167 Å². The first-order chi connectivity index (χ1) is 23.8. The van der Waals surface area contributed by atoms with Crippen LogP contribution >= 0.6 is 23.2 Å². The maximum absolute atomic E-state index is 14.5.